The Hall–Kier alpha value is -2.44. The predicted molar refractivity (Wildman–Crippen MR) is 109 cm³/mol. The average Bonchev–Trinajstić information content (AvgIpc) is 2.59. The summed E-state index contributed by atoms with van der Waals surface area (Å²) in [5, 5.41) is 5.61. The first kappa shape index (κ1) is 23.6. The molecule has 7 nitrogen and oxygen atoms in total. The zero-order valence-electron chi connectivity index (χ0n) is 17.9. The van der Waals surface area contributed by atoms with Gasteiger partial charge in [-0.25, -0.2) is 4.79 Å². The van der Waals surface area contributed by atoms with E-state index in [0.717, 1.165) is 5.56 Å². The monoisotopic (exact) mass is 394 g/mol. The van der Waals surface area contributed by atoms with Gasteiger partial charge in [-0.1, -0.05) is 6.07 Å². The molecule has 0 aliphatic heterocycles. The van der Waals surface area contributed by atoms with Gasteiger partial charge in [-0.3, -0.25) is 4.79 Å². The van der Waals surface area contributed by atoms with Gasteiger partial charge in [0.25, 0.3) is 0 Å². The molecule has 1 atom stereocenters. The third-order valence-corrected chi connectivity index (χ3v) is 3.69. The Labute approximate surface area is 168 Å². The summed E-state index contributed by atoms with van der Waals surface area (Å²) in [4.78, 5) is 23.7. The van der Waals surface area contributed by atoms with Crippen LogP contribution in [0.15, 0.2) is 18.2 Å². The Morgan fingerprint density at radius 2 is 1.71 bits per heavy atom. The molecule has 28 heavy (non-hydrogen) atoms. The van der Waals surface area contributed by atoms with Gasteiger partial charge in [0.1, 0.15) is 5.60 Å². The standard InChI is InChI=1S/C21H34N2O5/c1-7-26-17-12-11-16(14-18(17)27-8-2)15(3)23-19(24)10-9-13-22-20(25)28-21(4,5)6/h11-12,14-15H,7-10,13H2,1-6H3,(H,22,25)(H,23,24). The molecule has 0 heterocycles. The lowest BCUT2D eigenvalue weighted by molar-refractivity contribution is -0.121. The molecule has 158 valence electrons. The summed E-state index contributed by atoms with van der Waals surface area (Å²) in [7, 11) is 0. The van der Waals surface area contributed by atoms with Crippen LogP contribution in [0.4, 0.5) is 4.79 Å². The van der Waals surface area contributed by atoms with E-state index in [1.54, 1.807) is 20.8 Å². The van der Waals surface area contributed by atoms with Gasteiger partial charge in [0.2, 0.25) is 5.91 Å². The zero-order chi connectivity index (χ0) is 21.2. The normalized spacial score (nSPS) is 12.1. The highest BCUT2D eigenvalue weighted by molar-refractivity contribution is 5.76. The third-order valence-electron chi connectivity index (χ3n) is 3.69. The fraction of sp³-hybridized carbons (Fsp3) is 0.619. The van der Waals surface area contributed by atoms with Crippen molar-refractivity contribution in [3.8, 4) is 11.5 Å². The SMILES string of the molecule is CCOc1ccc(C(C)NC(=O)CCCNC(=O)OC(C)(C)C)cc1OCC. The van der Waals surface area contributed by atoms with Crippen molar-refractivity contribution in [2.24, 2.45) is 0 Å². The quantitative estimate of drug-likeness (QED) is 0.587. The second-order valence-electron chi connectivity index (χ2n) is 7.39. The third kappa shape index (κ3) is 8.97. The second-order valence-corrected chi connectivity index (χ2v) is 7.39. The van der Waals surface area contributed by atoms with Crippen LogP contribution < -0.4 is 20.1 Å². The first-order valence-electron chi connectivity index (χ1n) is 9.82. The van der Waals surface area contributed by atoms with Crippen LogP contribution in [-0.4, -0.2) is 37.4 Å². The van der Waals surface area contributed by atoms with Gasteiger partial charge >= 0.3 is 6.09 Å². The van der Waals surface area contributed by atoms with Crippen LogP contribution in [-0.2, 0) is 9.53 Å². The number of nitrogens with one attached hydrogen (secondary N) is 2. The minimum absolute atomic E-state index is 0.0784. The molecule has 0 aliphatic rings. The van der Waals surface area contributed by atoms with Gasteiger partial charge in [-0.2, -0.15) is 0 Å². The van der Waals surface area contributed by atoms with Crippen LogP contribution in [0.25, 0.3) is 0 Å². The lowest BCUT2D eigenvalue weighted by Crippen LogP contribution is -2.33. The lowest BCUT2D eigenvalue weighted by Gasteiger charge is -2.19. The number of carbonyl (C=O) groups excluding carboxylic acids is 2. The Balaban J connectivity index is 2.47. The summed E-state index contributed by atoms with van der Waals surface area (Å²) in [6.07, 6.45) is 0.375. The Kier molecular flexibility index (Phi) is 9.62. The highest BCUT2D eigenvalue weighted by Gasteiger charge is 2.16. The number of amides is 2. The maximum atomic E-state index is 12.2. The molecule has 0 fully saturated rings. The number of carbonyl (C=O) groups is 2. The van der Waals surface area contributed by atoms with Crippen molar-refractivity contribution in [3.63, 3.8) is 0 Å². The molecular formula is C21H34N2O5. The van der Waals surface area contributed by atoms with E-state index >= 15 is 0 Å². The van der Waals surface area contributed by atoms with Gasteiger partial charge in [0.05, 0.1) is 19.3 Å². The summed E-state index contributed by atoms with van der Waals surface area (Å²) in [6.45, 7) is 12.6. The molecule has 0 saturated heterocycles. The fourth-order valence-electron chi connectivity index (χ4n) is 2.49. The highest BCUT2D eigenvalue weighted by Crippen LogP contribution is 2.30. The molecule has 0 spiro atoms. The average molecular weight is 395 g/mol. The molecule has 2 N–H and O–H groups in total. The molecule has 1 rings (SSSR count). The Morgan fingerprint density at radius 1 is 1.07 bits per heavy atom. The largest absolute Gasteiger partial charge is 0.490 e. The van der Waals surface area contributed by atoms with Crippen molar-refractivity contribution in [3.05, 3.63) is 23.8 Å². The van der Waals surface area contributed by atoms with Gasteiger partial charge in [-0.15, -0.1) is 0 Å². The topological polar surface area (TPSA) is 85.9 Å². The van der Waals surface area contributed by atoms with E-state index in [2.05, 4.69) is 10.6 Å². The van der Waals surface area contributed by atoms with E-state index in [1.165, 1.54) is 0 Å². The Bertz CT molecular complexity index is 640. The van der Waals surface area contributed by atoms with Crippen LogP contribution in [0.3, 0.4) is 0 Å². The molecule has 1 aromatic carbocycles. The molecule has 1 aromatic rings. The number of hydrogen-bond acceptors (Lipinski definition) is 5. The predicted octanol–water partition coefficient (Wildman–Crippen LogP) is 3.97. The summed E-state index contributed by atoms with van der Waals surface area (Å²) in [6, 6.07) is 5.50. The van der Waals surface area contributed by atoms with Crippen LogP contribution in [0.2, 0.25) is 0 Å². The number of alkyl carbamates (subject to hydrolysis) is 1. The van der Waals surface area contributed by atoms with Crippen molar-refractivity contribution in [2.75, 3.05) is 19.8 Å². The van der Waals surface area contributed by atoms with Crippen LogP contribution in [0.1, 0.15) is 66.0 Å². The van der Waals surface area contributed by atoms with E-state index in [0.29, 0.717) is 44.1 Å². The first-order chi connectivity index (χ1) is 13.2. The van der Waals surface area contributed by atoms with Gasteiger partial charge in [0, 0.05) is 13.0 Å². The molecule has 0 radical (unpaired) electrons. The summed E-state index contributed by atoms with van der Waals surface area (Å²) >= 11 is 0. The summed E-state index contributed by atoms with van der Waals surface area (Å²) in [5.74, 6) is 1.29. The van der Waals surface area contributed by atoms with Gasteiger partial charge in [-0.05, 0) is 65.7 Å². The number of benzene rings is 1. The number of ether oxygens (including phenoxy) is 3. The van der Waals surface area contributed by atoms with Gasteiger partial charge in [0.15, 0.2) is 11.5 Å². The number of rotatable bonds is 10. The summed E-state index contributed by atoms with van der Waals surface area (Å²) in [5.41, 5.74) is 0.404. The number of hydrogen-bond donors (Lipinski definition) is 2. The van der Waals surface area contributed by atoms with Crippen molar-refractivity contribution >= 4 is 12.0 Å². The van der Waals surface area contributed by atoms with Crippen LogP contribution >= 0.6 is 0 Å². The van der Waals surface area contributed by atoms with E-state index in [-0.39, 0.29) is 11.9 Å². The van der Waals surface area contributed by atoms with E-state index in [9.17, 15) is 9.59 Å². The minimum atomic E-state index is -0.533. The second kappa shape index (κ2) is 11.4. The highest BCUT2D eigenvalue weighted by atomic mass is 16.6. The Morgan fingerprint density at radius 3 is 2.32 bits per heavy atom. The summed E-state index contributed by atoms with van der Waals surface area (Å²) < 4.78 is 16.3. The molecule has 1 unspecified atom stereocenters. The van der Waals surface area contributed by atoms with Crippen LogP contribution in [0, 0.1) is 0 Å². The maximum Gasteiger partial charge on any atom is 0.407 e. The lowest BCUT2D eigenvalue weighted by atomic mass is 10.1. The zero-order valence-corrected chi connectivity index (χ0v) is 17.9. The molecular weight excluding hydrogens is 360 g/mol. The molecule has 0 aliphatic carbocycles. The fourth-order valence-corrected chi connectivity index (χ4v) is 2.49. The van der Waals surface area contributed by atoms with E-state index in [4.69, 9.17) is 14.2 Å². The van der Waals surface area contributed by atoms with Crippen molar-refractivity contribution in [1.82, 2.24) is 10.6 Å². The molecule has 0 aromatic heterocycles. The van der Waals surface area contributed by atoms with Crippen molar-refractivity contribution < 1.29 is 23.8 Å². The maximum absolute atomic E-state index is 12.2. The van der Waals surface area contributed by atoms with Crippen LogP contribution in [0.5, 0.6) is 11.5 Å². The van der Waals surface area contributed by atoms with Crippen molar-refractivity contribution in [2.45, 2.75) is 66.0 Å². The van der Waals surface area contributed by atoms with E-state index in [1.807, 2.05) is 39.0 Å². The molecule has 0 saturated carbocycles. The van der Waals surface area contributed by atoms with Crippen molar-refractivity contribution in [1.29, 1.82) is 0 Å². The first-order valence-corrected chi connectivity index (χ1v) is 9.82. The minimum Gasteiger partial charge on any atom is -0.490 e. The molecule has 7 heteroatoms. The smallest absolute Gasteiger partial charge is 0.407 e. The molecule has 2 amide bonds. The van der Waals surface area contributed by atoms with E-state index < -0.39 is 11.7 Å². The molecule has 0 bridgehead atoms. The van der Waals surface area contributed by atoms with Gasteiger partial charge < -0.3 is 24.8 Å².